The summed E-state index contributed by atoms with van der Waals surface area (Å²) in [7, 11) is 0. The van der Waals surface area contributed by atoms with Gasteiger partial charge in [-0.3, -0.25) is 0 Å². The van der Waals surface area contributed by atoms with Crippen LogP contribution in [0.1, 0.15) is 33.1 Å². The van der Waals surface area contributed by atoms with E-state index in [9.17, 15) is 0 Å². The highest BCUT2D eigenvalue weighted by molar-refractivity contribution is 4.82. The van der Waals surface area contributed by atoms with Gasteiger partial charge in [-0.2, -0.15) is 0 Å². The zero-order chi connectivity index (χ0) is 5.98. The summed E-state index contributed by atoms with van der Waals surface area (Å²) < 4.78 is 5.31. The fourth-order valence-corrected chi connectivity index (χ4v) is 1.08. The molecule has 0 amide bonds. The molecule has 1 unspecified atom stereocenters. The summed E-state index contributed by atoms with van der Waals surface area (Å²) in [5, 5.41) is 0. The summed E-state index contributed by atoms with van der Waals surface area (Å²) in [4.78, 5) is 0. The van der Waals surface area contributed by atoms with Gasteiger partial charge in [-0.25, -0.2) is 0 Å². The smallest absolute Gasteiger partial charge is 0.0841 e. The zero-order valence-corrected chi connectivity index (χ0v) is 5.68. The van der Waals surface area contributed by atoms with Crippen molar-refractivity contribution in [2.45, 2.75) is 45.3 Å². The minimum absolute atomic E-state index is 0.620. The fourth-order valence-electron chi connectivity index (χ4n) is 1.08. The molecule has 1 saturated heterocycles. The fraction of sp³-hybridized carbons (Fsp3) is 1.00. The van der Waals surface area contributed by atoms with Crippen LogP contribution in [0.3, 0.4) is 0 Å². The third kappa shape index (κ3) is 1.22. The Morgan fingerprint density at radius 1 is 1.25 bits per heavy atom. The maximum Gasteiger partial charge on any atom is 0.0841 e. The van der Waals surface area contributed by atoms with Crippen molar-refractivity contribution >= 4 is 0 Å². The van der Waals surface area contributed by atoms with Crippen molar-refractivity contribution in [3.8, 4) is 0 Å². The van der Waals surface area contributed by atoms with Crippen molar-refractivity contribution in [1.82, 2.24) is 0 Å². The summed E-state index contributed by atoms with van der Waals surface area (Å²) in [6.45, 7) is 4.38. The molecule has 0 saturated carbocycles. The second kappa shape index (κ2) is 2.49. The standard InChI is InChI=1S/C7H14O/c1-3-5-7-6(4-2)8-7/h6-7H,3-5H2,1-2H3/t6-,7?/m1/s1. The van der Waals surface area contributed by atoms with Crippen LogP contribution in [0.15, 0.2) is 0 Å². The molecule has 0 aromatic rings. The third-order valence-electron chi connectivity index (χ3n) is 1.66. The zero-order valence-electron chi connectivity index (χ0n) is 5.68. The first-order chi connectivity index (χ1) is 3.88. The average molecular weight is 114 g/mol. The molecule has 0 N–H and O–H groups in total. The molecule has 0 radical (unpaired) electrons. The number of hydrogen-bond acceptors (Lipinski definition) is 1. The first kappa shape index (κ1) is 6.09. The summed E-state index contributed by atoms with van der Waals surface area (Å²) in [6, 6.07) is 0. The van der Waals surface area contributed by atoms with Crippen LogP contribution in [0, 0.1) is 0 Å². The monoisotopic (exact) mass is 114 g/mol. The van der Waals surface area contributed by atoms with E-state index < -0.39 is 0 Å². The largest absolute Gasteiger partial charge is 0.370 e. The minimum Gasteiger partial charge on any atom is -0.370 e. The summed E-state index contributed by atoms with van der Waals surface area (Å²) in [5.41, 5.74) is 0. The quantitative estimate of drug-likeness (QED) is 0.511. The van der Waals surface area contributed by atoms with E-state index in [2.05, 4.69) is 13.8 Å². The first-order valence-electron chi connectivity index (χ1n) is 3.54. The molecular formula is C7H14O. The van der Waals surface area contributed by atoms with E-state index in [1.54, 1.807) is 0 Å². The predicted octanol–water partition coefficient (Wildman–Crippen LogP) is 1.96. The Kier molecular flexibility index (Phi) is 1.90. The van der Waals surface area contributed by atoms with E-state index >= 15 is 0 Å². The highest BCUT2D eigenvalue weighted by atomic mass is 16.6. The van der Waals surface area contributed by atoms with Crippen molar-refractivity contribution in [2.24, 2.45) is 0 Å². The maximum absolute atomic E-state index is 5.31. The lowest BCUT2D eigenvalue weighted by molar-refractivity contribution is 0.359. The highest BCUT2D eigenvalue weighted by Gasteiger charge is 2.35. The van der Waals surface area contributed by atoms with Crippen molar-refractivity contribution in [3.63, 3.8) is 0 Å². The van der Waals surface area contributed by atoms with Crippen LogP contribution >= 0.6 is 0 Å². The summed E-state index contributed by atoms with van der Waals surface area (Å²) in [5.74, 6) is 0. The lowest BCUT2D eigenvalue weighted by Gasteiger charge is -1.84. The Balaban J connectivity index is 1.99. The van der Waals surface area contributed by atoms with Crippen LogP contribution in [0.4, 0.5) is 0 Å². The molecule has 1 aliphatic heterocycles. The molecule has 0 aliphatic carbocycles. The lowest BCUT2D eigenvalue weighted by Crippen LogP contribution is -1.89. The van der Waals surface area contributed by atoms with Gasteiger partial charge in [0.25, 0.3) is 0 Å². The van der Waals surface area contributed by atoms with Crippen LogP contribution in [0.2, 0.25) is 0 Å². The SMILES string of the molecule is CCCC1O[C@@H]1CC. The molecule has 0 aromatic heterocycles. The molecule has 2 atom stereocenters. The molecule has 1 rings (SSSR count). The summed E-state index contributed by atoms with van der Waals surface area (Å²) >= 11 is 0. The van der Waals surface area contributed by atoms with Gasteiger partial charge in [0.15, 0.2) is 0 Å². The Morgan fingerprint density at radius 3 is 2.38 bits per heavy atom. The van der Waals surface area contributed by atoms with E-state index in [0.29, 0.717) is 12.2 Å². The van der Waals surface area contributed by atoms with Crippen molar-refractivity contribution in [2.75, 3.05) is 0 Å². The van der Waals surface area contributed by atoms with Gasteiger partial charge in [0, 0.05) is 0 Å². The van der Waals surface area contributed by atoms with Crippen LogP contribution in [0.5, 0.6) is 0 Å². The number of hydrogen-bond donors (Lipinski definition) is 0. The van der Waals surface area contributed by atoms with E-state index in [-0.39, 0.29) is 0 Å². The molecule has 1 nitrogen and oxygen atoms in total. The molecule has 1 aliphatic rings. The average Bonchev–Trinajstić information content (AvgIpc) is 2.48. The topological polar surface area (TPSA) is 12.5 Å². The van der Waals surface area contributed by atoms with Gasteiger partial charge in [-0.15, -0.1) is 0 Å². The Hall–Kier alpha value is -0.0400. The van der Waals surface area contributed by atoms with Gasteiger partial charge in [-0.1, -0.05) is 20.3 Å². The molecule has 1 heterocycles. The maximum atomic E-state index is 5.31. The Bertz CT molecular complexity index is 70.8. The van der Waals surface area contributed by atoms with E-state index in [1.807, 2.05) is 0 Å². The van der Waals surface area contributed by atoms with Crippen molar-refractivity contribution in [3.05, 3.63) is 0 Å². The van der Waals surface area contributed by atoms with Gasteiger partial charge >= 0.3 is 0 Å². The molecule has 8 heavy (non-hydrogen) atoms. The molecule has 0 spiro atoms. The molecule has 1 fully saturated rings. The molecule has 0 aromatic carbocycles. The van der Waals surface area contributed by atoms with Crippen LogP contribution in [0.25, 0.3) is 0 Å². The second-order valence-electron chi connectivity index (χ2n) is 2.41. The third-order valence-corrected chi connectivity index (χ3v) is 1.66. The van der Waals surface area contributed by atoms with Gasteiger partial charge in [0.05, 0.1) is 12.2 Å². The van der Waals surface area contributed by atoms with Crippen LogP contribution < -0.4 is 0 Å². The number of epoxide rings is 1. The lowest BCUT2D eigenvalue weighted by atomic mass is 10.2. The highest BCUT2D eigenvalue weighted by Crippen LogP contribution is 2.28. The predicted molar refractivity (Wildman–Crippen MR) is 33.9 cm³/mol. The van der Waals surface area contributed by atoms with E-state index in [1.165, 1.54) is 19.3 Å². The van der Waals surface area contributed by atoms with Crippen molar-refractivity contribution < 1.29 is 4.74 Å². The van der Waals surface area contributed by atoms with Gasteiger partial charge in [0.2, 0.25) is 0 Å². The molecular weight excluding hydrogens is 100 g/mol. The van der Waals surface area contributed by atoms with E-state index in [0.717, 1.165) is 0 Å². The normalized spacial score (nSPS) is 35.2. The molecule has 1 heteroatoms. The van der Waals surface area contributed by atoms with Crippen molar-refractivity contribution in [1.29, 1.82) is 0 Å². The van der Waals surface area contributed by atoms with Gasteiger partial charge in [-0.05, 0) is 12.8 Å². The number of ether oxygens (including phenoxy) is 1. The second-order valence-corrected chi connectivity index (χ2v) is 2.41. The van der Waals surface area contributed by atoms with Crippen LogP contribution in [-0.4, -0.2) is 12.2 Å². The number of rotatable bonds is 3. The van der Waals surface area contributed by atoms with Crippen LogP contribution in [-0.2, 0) is 4.74 Å². The Morgan fingerprint density at radius 2 is 2.00 bits per heavy atom. The van der Waals surface area contributed by atoms with E-state index in [4.69, 9.17) is 4.74 Å². The minimum atomic E-state index is 0.620. The Labute approximate surface area is 51.0 Å². The molecule has 0 bridgehead atoms. The molecule has 48 valence electrons. The first-order valence-corrected chi connectivity index (χ1v) is 3.54. The van der Waals surface area contributed by atoms with Gasteiger partial charge in [0.1, 0.15) is 0 Å². The van der Waals surface area contributed by atoms with Gasteiger partial charge < -0.3 is 4.74 Å². The summed E-state index contributed by atoms with van der Waals surface area (Å²) in [6.07, 6.45) is 4.98.